The third kappa shape index (κ3) is 4.45. The Balaban J connectivity index is 2.91. The molecule has 8 heteroatoms. The maximum absolute atomic E-state index is 12.8. The fourth-order valence-electron chi connectivity index (χ4n) is 1.68. The second kappa shape index (κ2) is 7.07. The first-order chi connectivity index (χ1) is 9.81. The Morgan fingerprint density at radius 3 is 2.43 bits per heavy atom. The first-order valence-electron chi connectivity index (χ1n) is 6.18. The van der Waals surface area contributed by atoms with Crippen LogP contribution in [-0.4, -0.2) is 41.5 Å². The lowest BCUT2D eigenvalue weighted by atomic mass is 10.1. The zero-order valence-electron chi connectivity index (χ0n) is 11.3. The van der Waals surface area contributed by atoms with Gasteiger partial charge in [0.25, 0.3) is 0 Å². The van der Waals surface area contributed by atoms with Gasteiger partial charge in [0.15, 0.2) is 0 Å². The number of alkyl halides is 3. The predicted octanol–water partition coefficient (Wildman–Crippen LogP) is 1.48. The molecule has 0 aliphatic heterocycles. The van der Waals surface area contributed by atoms with Gasteiger partial charge in [-0.15, -0.1) is 0 Å². The molecule has 0 fully saturated rings. The normalized spacial score (nSPS) is 11.1. The molecule has 2 N–H and O–H groups in total. The van der Waals surface area contributed by atoms with E-state index in [9.17, 15) is 22.8 Å². The molecular weight excluding hydrogens is 289 g/mol. The molecule has 116 valence electrons. The van der Waals surface area contributed by atoms with Crippen molar-refractivity contribution in [1.82, 2.24) is 4.90 Å². The van der Waals surface area contributed by atoms with Crippen molar-refractivity contribution in [3.05, 3.63) is 29.8 Å². The Morgan fingerprint density at radius 2 is 1.90 bits per heavy atom. The summed E-state index contributed by atoms with van der Waals surface area (Å²) >= 11 is 0. The first kappa shape index (κ1) is 17.0. The summed E-state index contributed by atoms with van der Waals surface area (Å²) in [6, 6.07) is 4.38. The lowest BCUT2D eigenvalue weighted by Crippen LogP contribution is -2.41. The molecule has 0 heterocycles. The highest BCUT2D eigenvalue weighted by Crippen LogP contribution is 2.34. The monoisotopic (exact) mass is 304 g/mol. The maximum atomic E-state index is 12.8. The van der Waals surface area contributed by atoms with Gasteiger partial charge in [-0.1, -0.05) is 12.1 Å². The average Bonchev–Trinajstić information content (AvgIpc) is 2.43. The van der Waals surface area contributed by atoms with E-state index in [1.165, 1.54) is 12.1 Å². The molecule has 1 aromatic rings. The van der Waals surface area contributed by atoms with Gasteiger partial charge in [-0.05, 0) is 19.1 Å². The highest BCUT2D eigenvalue weighted by molar-refractivity contribution is 6.39. The van der Waals surface area contributed by atoms with E-state index in [0.29, 0.717) is 0 Å². The SMILES string of the molecule is CCN(CCO)C(=O)C(=O)Nc1ccccc1C(F)(F)F. The van der Waals surface area contributed by atoms with Crippen LogP contribution in [0.3, 0.4) is 0 Å². The summed E-state index contributed by atoms with van der Waals surface area (Å²) in [5, 5.41) is 10.7. The Bertz CT molecular complexity index is 518. The van der Waals surface area contributed by atoms with Crippen molar-refractivity contribution in [2.24, 2.45) is 0 Å². The zero-order chi connectivity index (χ0) is 16.0. The summed E-state index contributed by atoms with van der Waals surface area (Å²) in [7, 11) is 0. The molecule has 0 aliphatic rings. The summed E-state index contributed by atoms with van der Waals surface area (Å²) in [6.45, 7) is 1.34. The average molecular weight is 304 g/mol. The molecule has 0 aliphatic carbocycles. The van der Waals surface area contributed by atoms with Crippen LogP contribution < -0.4 is 5.32 Å². The number of likely N-dealkylation sites (N-methyl/N-ethyl adjacent to an activating group) is 1. The highest BCUT2D eigenvalue weighted by atomic mass is 19.4. The van der Waals surface area contributed by atoms with Gasteiger partial charge in [-0.25, -0.2) is 0 Å². The van der Waals surface area contributed by atoms with Crippen LogP contribution in [0.1, 0.15) is 12.5 Å². The van der Waals surface area contributed by atoms with Gasteiger partial charge in [0.2, 0.25) is 0 Å². The van der Waals surface area contributed by atoms with Crippen molar-refractivity contribution in [2.75, 3.05) is 25.0 Å². The number of nitrogens with zero attached hydrogens (tertiary/aromatic N) is 1. The Labute approximate surface area is 119 Å². The van der Waals surface area contributed by atoms with E-state index in [2.05, 4.69) is 0 Å². The number of aliphatic hydroxyl groups is 1. The lowest BCUT2D eigenvalue weighted by molar-refractivity contribution is -0.143. The van der Waals surface area contributed by atoms with E-state index in [1.807, 2.05) is 5.32 Å². The Kier molecular flexibility index (Phi) is 5.71. The molecule has 0 spiro atoms. The second-order valence-corrected chi connectivity index (χ2v) is 4.11. The number of nitrogens with one attached hydrogen (secondary N) is 1. The number of carbonyl (C=O) groups is 2. The van der Waals surface area contributed by atoms with Gasteiger partial charge >= 0.3 is 18.0 Å². The largest absolute Gasteiger partial charge is 0.418 e. The number of para-hydroxylation sites is 1. The first-order valence-corrected chi connectivity index (χ1v) is 6.18. The minimum absolute atomic E-state index is 0.0658. The summed E-state index contributed by atoms with van der Waals surface area (Å²) in [5.41, 5.74) is -1.51. The van der Waals surface area contributed by atoms with Crippen LogP contribution in [-0.2, 0) is 15.8 Å². The summed E-state index contributed by atoms with van der Waals surface area (Å²) in [6.07, 6.45) is -4.64. The van der Waals surface area contributed by atoms with E-state index in [4.69, 9.17) is 5.11 Å². The molecule has 0 saturated heterocycles. The van der Waals surface area contributed by atoms with Crippen LogP contribution in [0.25, 0.3) is 0 Å². The molecule has 0 unspecified atom stereocenters. The van der Waals surface area contributed by atoms with Crippen molar-refractivity contribution in [1.29, 1.82) is 0 Å². The number of halogens is 3. The number of carbonyl (C=O) groups excluding carboxylic acids is 2. The summed E-state index contributed by atoms with van der Waals surface area (Å²) in [5.74, 6) is -2.18. The van der Waals surface area contributed by atoms with Crippen molar-refractivity contribution < 1.29 is 27.9 Å². The molecule has 21 heavy (non-hydrogen) atoms. The van der Waals surface area contributed by atoms with E-state index >= 15 is 0 Å². The number of hydrogen-bond acceptors (Lipinski definition) is 3. The standard InChI is InChI=1S/C13H15F3N2O3/c1-2-18(7-8-19)12(21)11(20)17-10-6-4-3-5-9(10)13(14,15)16/h3-6,19H,2,7-8H2,1H3,(H,17,20). The van der Waals surface area contributed by atoms with E-state index in [1.54, 1.807) is 6.92 Å². The fraction of sp³-hybridized carbons (Fsp3) is 0.385. The number of benzene rings is 1. The summed E-state index contributed by atoms with van der Waals surface area (Å²) < 4.78 is 38.3. The Hall–Kier alpha value is -2.09. The molecule has 0 aromatic heterocycles. The van der Waals surface area contributed by atoms with Crippen LogP contribution in [0.15, 0.2) is 24.3 Å². The van der Waals surface area contributed by atoms with Crippen LogP contribution in [0, 0.1) is 0 Å². The smallest absolute Gasteiger partial charge is 0.395 e. The molecule has 2 amide bonds. The minimum Gasteiger partial charge on any atom is -0.395 e. The molecule has 0 saturated carbocycles. The molecule has 5 nitrogen and oxygen atoms in total. The molecule has 1 rings (SSSR count). The van der Waals surface area contributed by atoms with Gasteiger partial charge in [0, 0.05) is 13.1 Å². The van der Waals surface area contributed by atoms with E-state index in [0.717, 1.165) is 17.0 Å². The van der Waals surface area contributed by atoms with E-state index in [-0.39, 0.29) is 19.7 Å². The molecule has 0 bridgehead atoms. The second-order valence-electron chi connectivity index (χ2n) is 4.11. The predicted molar refractivity (Wildman–Crippen MR) is 69.4 cm³/mol. The van der Waals surface area contributed by atoms with Crippen molar-refractivity contribution in [3.63, 3.8) is 0 Å². The van der Waals surface area contributed by atoms with Gasteiger partial charge in [0.05, 0.1) is 17.9 Å². The topological polar surface area (TPSA) is 69.6 Å². The third-order valence-corrected chi connectivity index (χ3v) is 2.71. The number of aliphatic hydroxyl groups excluding tert-OH is 1. The van der Waals surface area contributed by atoms with Crippen molar-refractivity contribution in [2.45, 2.75) is 13.1 Å². The lowest BCUT2D eigenvalue weighted by Gasteiger charge is -2.19. The quantitative estimate of drug-likeness (QED) is 0.828. The number of rotatable bonds is 4. The number of hydrogen-bond donors (Lipinski definition) is 2. The minimum atomic E-state index is -4.64. The van der Waals surface area contributed by atoms with Crippen LogP contribution >= 0.6 is 0 Å². The number of anilines is 1. The third-order valence-electron chi connectivity index (χ3n) is 2.71. The van der Waals surface area contributed by atoms with Gasteiger partial charge < -0.3 is 15.3 Å². The fourth-order valence-corrected chi connectivity index (χ4v) is 1.68. The van der Waals surface area contributed by atoms with E-state index < -0.39 is 29.2 Å². The Morgan fingerprint density at radius 1 is 1.29 bits per heavy atom. The van der Waals surface area contributed by atoms with Gasteiger partial charge in [0.1, 0.15) is 0 Å². The maximum Gasteiger partial charge on any atom is 0.418 e. The zero-order valence-corrected chi connectivity index (χ0v) is 11.3. The summed E-state index contributed by atoms with van der Waals surface area (Å²) in [4.78, 5) is 24.5. The van der Waals surface area contributed by atoms with Crippen molar-refractivity contribution >= 4 is 17.5 Å². The van der Waals surface area contributed by atoms with Gasteiger partial charge in [-0.3, -0.25) is 9.59 Å². The van der Waals surface area contributed by atoms with Crippen LogP contribution in [0.2, 0.25) is 0 Å². The van der Waals surface area contributed by atoms with Crippen LogP contribution in [0.4, 0.5) is 18.9 Å². The van der Waals surface area contributed by atoms with Gasteiger partial charge in [-0.2, -0.15) is 13.2 Å². The van der Waals surface area contributed by atoms with Crippen LogP contribution in [0.5, 0.6) is 0 Å². The number of amides is 2. The molecule has 0 atom stereocenters. The molecule has 1 aromatic carbocycles. The molecule has 0 radical (unpaired) electrons. The van der Waals surface area contributed by atoms with Crippen molar-refractivity contribution in [3.8, 4) is 0 Å². The molecular formula is C13H15F3N2O3. The highest BCUT2D eigenvalue weighted by Gasteiger charge is 2.34.